The molecule has 2 aromatic heterocycles. The minimum atomic E-state index is -0.408. The largest absolute Gasteiger partial charge is 0.465 e. The summed E-state index contributed by atoms with van der Waals surface area (Å²) in [6, 6.07) is 13.4. The van der Waals surface area contributed by atoms with Crippen molar-refractivity contribution in [2.75, 3.05) is 12.4 Å². The topological polar surface area (TPSA) is 64.1 Å². The van der Waals surface area contributed by atoms with E-state index in [0.717, 1.165) is 26.2 Å². The van der Waals surface area contributed by atoms with Crippen LogP contribution >= 0.6 is 11.3 Å². The monoisotopic (exact) mass is 393 g/mol. The number of carbonyl (C=O) groups excluding carboxylic acids is 1. The Bertz CT molecular complexity index is 1170. The first-order valence-electron chi connectivity index (χ1n) is 8.52. The Balaban J connectivity index is 1.82. The first-order chi connectivity index (χ1) is 13.6. The highest BCUT2D eigenvalue weighted by Crippen LogP contribution is 2.41. The van der Waals surface area contributed by atoms with Crippen LogP contribution in [0.4, 0.5) is 15.9 Å². The predicted octanol–water partition coefficient (Wildman–Crippen LogP) is 5.34. The number of nitrogens with zero attached hydrogens (tertiary/aromatic N) is 2. The van der Waals surface area contributed by atoms with E-state index in [9.17, 15) is 9.18 Å². The van der Waals surface area contributed by atoms with E-state index < -0.39 is 5.97 Å². The number of nitrogens with one attached hydrogen (secondary N) is 1. The summed E-state index contributed by atoms with van der Waals surface area (Å²) in [5.41, 5.74) is 3.01. The summed E-state index contributed by atoms with van der Waals surface area (Å²) in [7, 11) is 1.35. The van der Waals surface area contributed by atoms with Crippen LogP contribution in [0.15, 0.2) is 54.9 Å². The Morgan fingerprint density at radius 1 is 1.14 bits per heavy atom. The Morgan fingerprint density at radius 2 is 1.93 bits per heavy atom. The number of aryl methyl sites for hydroxylation is 1. The number of carbonyl (C=O) groups is 1. The minimum absolute atomic E-state index is 0.282. The molecule has 0 aliphatic rings. The van der Waals surface area contributed by atoms with Crippen LogP contribution in [0.1, 0.15) is 15.2 Å². The zero-order valence-corrected chi connectivity index (χ0v) is 16.0. The van der Waals surface area contributed by atoms with Gasteiger partial charge in [-0.2, -0.15) is 0 Å². The molecule has 2 heterocycles. The highest BCUT2D eigenvalue weighted by Gasteiger charge is 2.17. The molecule has 0 amide bonds. The standard InChI is InChI=1S/C21H16FN3O2S/c1-12-17(13-6-8-15(22)9-7-13)18-19(23-11-24-20(18)28-12)25-16-5-3-4-14(10-16)21(26)27-2/h3-11H,1-2H3,(H,23,24,25). The Hall–Kier alpha value is -3.32. The second-order valence-corrected chi connectivity index (χ2v) is 7.34. The fourth-order valence-electron chi connectivity index (χ4n) is 3.08. The SMILES string of the molecule is COC(=O)c1cccc(Nc2ncnc3sc(C)c(-c4ccc(F)cc4)c23)c1. The van der Waals surface area contributed by atoms with E-state index in [-0.39, 0.29) is 5.82 Å². The number of hydrogen-bond donors (Lipinski definition) is 1. The number of fused-ring (bicyclic) bond motifs is 1. The fraction of sp³-hybridized carbons (Fsp3) is 0.0952. The summed E-state index contributed by atoms with van der Waals surface area (Å²) in [6.07, 6.45) is 1.50. The molecule has 0 saturated heterocycles. The second-order valence-electron chi connectivity index (χ2n) is 6.14. The maximum Gasteiger partial charge on any atom is 0.337 e. The number of hydrogen-bond acceptors (Lipinski definition) is 6. The summed E-state index contributed by atoms with van der Waals surface area (Å²) in [6.45, 7) is 2.01. The first kappa shape index (κ1) is 18.1. The van der Waals surface area contributed by atoms with Gasteiger partial charge in [-0.15, -0.1) is 11.3 Å². The van der Waals surface area contributed by atoms with Crippen LogP contribution in [0, 0.1) is 12.7 Å². The van der Waals surface area contributed by atoms with E-state index in [1.54, 1.807) is 41.7 Å². The number of rotatable bonds is 4. The lowest BCUT2D eigenvalue weighted by Crippen LogP contribution is -2.02. The van der Waals surface area contributed by atoms with Crippen molar-refractivity contribution in [3.63, 3.8) is 0 Å². The van der Waals surface area contributed by atoms with Gasteiger partial charge in [-0.3, -0.25) is 0 Å². The van der Waals surface area contributed by atoms with Gasteiger partial charge in [-0.05, 0) is 42.8 Å². The molecule has 0 radical (unpaired) electrons. The van der Waals surface area contributed by atoms with Crippen LogP contribution in [-0.2, 0) is 4.74 Å². The van der Waals surface area contributed by atoms with Crippen LogP contribution in [0.3, 0.4) is 0 Å². The maximum atomic E-state index is 13.4. The molecule has 0 spiro atoms. The molecule has 2 aromatic carbocycles. The fourth-order valence-corrected chi connectivity index (χ4v) is 4.09. The van der Waals surface area contributed by atoms with E-state index in [0.29, 0.717) is 17.1 Å². The van der Waals surface area contributed by atoms with Gasteiger partial charge in [0, 0.05) is 16.1 Å². The van der Waals surface area contributed by atoms with Crippen molar-refractivity contribution in [1.29, 1.82) is 0 Å². The molecule has 0 aliphatic heterocycles. The molecule has 5 nitrogen and oxygen atoms in total. The molecule has 7 heteroatoms. The van der Waals surface area contributed by atoms with Crippen molar-refractivity contribution in [3.8, 4) is 11.1 Å². The molecule has 0 aliphatic carbocycles. The molecule has 28 heavy (non-hydrogen) atoms. The van der Waals surface area contributed by atoms with Crippen LogP contribution in [0.5, 0.6) is 0 Å². The van der Waals surface area contributed by atoms with Crippen molar-refractivity contribution in [3.05, 3.63) is 71.1 Å². The number of methoxy groups -OCH3 is 1. The van der Waals surface area contributed by atoms with Crippen LogP contribution in [-0.4, -0.2) is 23.0 Å². The van der Waals surface area contributed by atoms with E-state index in [1.807, 2.05) is 13.0 Å². The number of benzene rings is 2. The molecule has 0 atom stereocenters. The summed E-state index contributed by atoms with van der Waals surface area (Å²) in [4.78, 5) is 22.5. The van der Waals surface area contributed by atoms with E-state index in [4.69, 9.17) is 4.74 Å². The summed E-state index contributed by atoms with van der Waals surface area (Å²) >= 11 is 1.56. The zero-order valence-electron chi connectivity index (χ0n) is 15.2. The summed E-state index contributed by atoms with van der Waals surface area (Å²) < 4.78 is 18.2. The van der Waals surface area contributed by atoms with Crippen molar-refractivity contribution < 1.29 is 13.9 Å². The third kappa shape index (κ3) is 3.32. The number of ether oxygens (including phenoxy) is 1. The smallest absolute Gasteiger partial charge is 0.337 e. The van der Waals surface area contributed by atoms with Crippen LogP contribution in [0.25, 0.3) is 21.3 Å². The molecule has 0 fully saturated rings. The van der Waals surface area contributed by atoms with Crippen molar-refractivity contribution in [2.45, 2.75) is 6.92 Å². The predicted molar refractivity (Wildman–Crippen MR) is 109 cm³/mol. The number of halogens is 1. The summed E-state index contributed by atoms with van der Waals surface area (Å²) in [5, 5.41) is 4.14. The van der Waals surface area contributed by atoms with Gasteiger partial charge in [0.15, 0.2) is 0 Å². The molecule has 1 N–H and O–H groups in total. The maximum absolute atomic E-state index is 13.4. The van der Waals surface area contributed by atoms with Crippen molar-refractivity contribution in [2.24, 2.45) is 0 Å². The van der Waals surface area contributed by atoms with Gasteiger partial charge in [0.2, 0.25) is 0 Å². The molecular weight excluding hydrogens is 377 g/mol. The Kier molecular flexibility index (Phi) is 4.75. The van der Waals surface area contributed by atoms with E-state index in [1.165, 1.54) is 25.6 Å². The van der Waals surface area contributed by atoms with Gasteiger partial charge < -0.3 is 10.1 Å². The molecule has 0 bridgehead atoms. The number of aromatic nitrogens is 2. The Labute approximate surface area is 164 Å². The normalized spacial score (nSPS) is 10.8. The zero-order chi connectivity index (χ0) is 19.7. The third-order valence-electron chi connectivity index (χ3n) is 4.34. The highest BCUT2D eigenvalue weighted by molar-refractivity contribution is 7.19. The molecular formula is C21H16FN3O2S. The van der Waals surface area contributed by atoms with Gasteiger partial charge in [-0.1, -0.05) is 18.2 Å². The van der Waals surface area contributed by atoms with Crippen molar-refractivity contribution in [1.82, 2.24) is 9.97 Å². The third-order valence-corrected chi connectivity index (χ3v) is 5.36. The van der Waals surface area contributed by atoms with Crippen LogP contribution < -0.4 is 5.32 Å². The van der Waals surface area contributed by atoms with Gasteiger partial charge >= 0.3 is 5.97 Å². The average Bonchev–Trinajstić information content (AvgIpc) is 3.05. The second kappa shape index (κ2) is 7.36. The lowest BCUT2D eigenvalue weighted by atomic mass is 10.0. The van der Waals surface area contributed by atoms with Crippen molar-refractivity contribution >= 4 is 39.0 Å². The number of thiophene rings is 1. The van der Waals surface area contributed by atoms with E-state index >= 15 is 0 Å². The highest BCUT2D eigenvalue weighted by atomic mass is 32.1. The lowest BCUT2D eigenvalue weighted by Gasteiger charge is -2.10. The first-order valence-corrected chi connectivity index (χ1v) is 9.34. The lowest BCUT2D eigenvalue weighted by molar-refractivity contribution is 0.0601. The van der Waals surface area contributed by atoms with Gasteiger partial charge in [0.25, 0.3) is 0 Å². The number of esters is 1. The molecule has 0 saturated carbocycles. The van der Waals surface area contributed by atoms with Gasteiger partial charge in [0.05, 0.1) is 18.1 Å². The van der Waals surface area contributed by atoms with E-state index in [2.05, 4.69) is 15.3 Å². The molecule has 0 unspecified atom stereocenters. The number of anilines is 2. The minimum Gasteiger partial charge on any atom is -0.465 e. The summed E-state index contributed by atoms with van der Waals surface area (Å²) in [5.74, 6) is -0.0688. The molecule has 4 rings (SSSR count). The Morgan fingerprint density at radius 3 is 2.68 bits per heavy atom. The van der Waals surface area contributed by atoms with Gasteiger partial charge in [-0.25, -0.2) is 19.2 Å². The quantitative estimate of drug-likeness (QED) is 0.475. The van der Waals surface area contributed by atoms with Crippen LogP contribution in [0.2, 0.25) is 0 Å². The molecule has 140 valence electrons. The molecule has 4 aromatic rings. The van der Waals surface area contributed by atoms with Gasteiger partial charge in [0.1, 0.15) is 22.8 Å². The average molecular weight is 393 g/mol.